The first kappa shape index (κ1) is 16.9. The van der Waals surface area contributed by atoms with E-state index in [0.29, 0.717) is 17.9 Å². The van der Waals surface area contributed by atoms with Crippen molar-refractivity contribution >= 4 is 17.7 Å². The summed E-state index contributed by atoms with van der Waals surface area (Å²) in [6, 6.07) is 9.48. The maximum absolute atomic E-state index is 11.8. The van der Waals surface area contributed by atoms with Gasteiger partial charge in [-0.05, 0) is 30.5 Å². The van der Waals surface area contributed by atoms with E-state index < -0.39 is 5.60 Å². The molecule has 0 aliphatic heterocycles. The Morgan fingerprint density at radius 2 is 1.95 bits per heavy atom. The Morgan fingerprint density at radius 1 is 1.27 bits per heavy atom. The van der Waals surface area contributed by atoms with E-state index in [4.69, 9.17) is 5.26 Å². The van der Waals surface area contributed by atoms with Gasteiger partial charge in [0.25, 0.3) is 0 Å². The fourth-order valence-electron chi connectivity index (χ4n) is 2.64. The number of hydrogen-bond acceptors (Lipinski definition) is 4. The van der Waals surface area contributed by atoms with Gasteiger partial charge in [0.2, 0.25) is 5.91 Å². The highest BCUT2D eigenvalue weighted by Crippen LogP contribution is 2.27. The molecule has 1 aromatic rings. The van der Waals surface area contributed by atoms with E-state index in [0.717, 1.165) is 37.0 Å². The molecule has 0 unspecified atom stereocenters. The van der Waals surface area contributed by atoms with Gasteiger partial charge in [0.15, 0.2) is 0 Å². The Morgan fingerprint density at radius 3 is 2.59 bits per heavy atom. The molecule has 0 saturated heterocycles. The van der Waals surface area contributed by atoms with Crippen LogP contribution in [0.1, 0.15) is 43.2 Å². The van der Waals surface area contributed by atoms with Crippen molar-refractivity contribution in [3.63, 3.8) is 0 Å². The van der Waals surface area contributed by atoms with Crippen LogP contribution in [0.3, 0.4) is 0 Å². The molecule has 1 fully saturated rings. The van der Waals surface area contributed by atoms with E-state index in [2.05, 4.69) is 11.4 Å². The average molecular weight is 318 g/mol. The van der Waals surface area contributed by atoms with Gasteiger partial charge in [-0.15, -0.1) is 11.8 Å². The molecule has 4 nitrogen and oxygen atoms in total. The number of nitrogens with one attached hydrogen (secondary N) is 1. The van der Waals surface area contributed by atoms with Crippen LogP contribution in [0, 0.1) is 11.3 Å². The van der Waals surface area contributed by atoms with Crippen LogP contribution in [0.25, 0.3) is 0 Å². The summed E-state index contributed by atoms with van der Waals surface area (Å²) < 4.78 is 0. The number of aliphatic hydroxyl groups is 1. The Kier molecular flexibility index (Phi) is 6.29. The van der Waals surface area contributed by atoms with Crippen LogP contribution in [0.4, 0.5) is 0 Å². The van der Waals surface area contributed by atoms with E-state index in [1.54, 1.807) is 12.1 Å². The van der Waals surface area contributed by atoms with Crippen molar-refractivity contribution in [3.8, 4) is 6.07 Å². The minimum Gasteiger partial charge on any atom is -0.388 e. The molecule has 1 aliphatic carbocycles. The number of carbonyl (C=O) groups is 1. The van der Waals surface area contributed by atoms with Gasteiger partial charge in [-0.25, -0.2) is 0 Å². The van der Waals surface area contributed by atoms with E-state index in [-0.39, 0.29) is 5.91 Å². The van der Waals surface area contributed by atoms with Crippen LogP contribution in [-0.2, 0) is 10.5 Å². The van der Waals surface area contributed by atoms with Crippen LogP contribution < -0.4 is 5.32 Å². The smallest absolute Gasteiger partial charge is 0.230 e. The van der Waals surface area contributed by atoms with Crippen molar-refractivity contribution in [3.05, 3.63) is 35.4 Å². The largest absolute Gasteiger partial charge is 0.388 e. The first-order valence-corrected chi connectivity index (χ1v) is 8.83. The number of carbonyl (C=O) groups excluding carboxylic acids is 1. The summed E-state index contributed by atoms with van der Waals surface area (Å²) in [7, 11) is 0. The SMILES string of the molecule is N#Cc1ccc(CSCC(=O)NCC2(O)CCCCC2)cc1. The molecule has 0 aromatic heterocycles. The zero-order valence-electron chi connectivity index (χ0n) is 12.7. The summed E-state index contributed by atoms with van der Waals surface area (Å²) in [4.78, 5) is 11.8. The summed E-state index contributed by atoms with van der Waals surface area (Å²) in [5.74, 6) is 1.09. The predicted octanol–water partition coefficient (Wildman–Crippen LogP) is 2.60. The molecule has 0 atom stereocenters. The average Bonchev–Trinajstić information content (AvgIpc) is 2.54. The van der Waals surface area contributed by atoms with E-state index in [9.17, 15) is 9.90 Å². The van der Waals surface area contributed by atoms with Crippen molar-refractivity contribution in [1.29, 1.82) is 5.26 Å². The van der Waals surface area contributed by atoms with Crippen LogP contribution in [0.5, 0.6) is 0 Å². The standard InChI is InChI=1S/C17H22N2O2S/c18-10-14-4-6-15(7-5-14)11-22-12-16(20)19-13-17(21)8-2-1-3-9-17/h4-7,21H,1-3,8-9,11-13H2,(H,19,20). The lowest BCUT2D eigenvalue weighted by Crippen LogP contribution is -2.44. The molecule has 1 aromatic carbocycles. The Labute approximate surface area is 135 Å². The van der Waals surface area contributed by atoms with Gasteiger partial charge >= 0.3 is 0 Å². The number of nitriles is 1. The van der Waals surface area contributed by atoms with Gasteiger partial charge in [-0.3, -0.25) is 4.79 Å². The second-order valence-electron chi connectivity index (χ2n) is 5.86. The number of rotatable bonds is 6. The maximum Gasteiger partial charge on any atom is 0.230 e. The monoisotopic (exact) mass is 318 g/mol. The molecule has 0 radical (unpaired) electrons. The predicted molar refractivity (Wildman–Crippen MR) is 88.4 cm³/mol. The van der Waals surface area contributed by atoms with Crippen molar-refractivity contribution in [2.24, 2.45) is 0 Å². The topological polar surface area (TPSA) is 73.1 Å². The summed E-state index contributed by atoms with van der Waals surface area (Å²) in [6.45, 7) is 0.364. The van der Waals surface area contributed by atoms with Gasteiger partial charge in [0.1, 0.15) is 0 Å². The van der Waals surface area contributed by atoms with Crippen LogP contribution >= 0.6 is 11.8 Å². The summed E-state index contributed by atoms with van der Waals surface area (Å²) in [6.07, 6.45) is 4.83. The Bertz CT molecular complexity index is 531. The number of nitrogens with zero attached hydrogens (tertiary/aromatic N) is 1. The number of thioether (sulfide) groups is 1. The molecular weight excluding hydrogens is 296 g/mol. The molecule has 22 heavy (non-hydrogen) atoms. The van der Waals surface area contributed by atoms with Gasteiger partial charge in [0.05, 0.1) is 23.0 Å². The molecular formula is C17H22N2O2S. The van der Waals surface area contributed by atoms with Gasteiger partial charge in [-0.1, -0.05) is 31.4 Å². The lowest BCUT2D eigenvalue weighted by Gasteiger charge is -2.32. The number of hydrogen-bond donors (Lipinski definition) is 2. The molecule has 1 aliphatic rings. The van der Waals surface area contributed by atoms with Gasteiger partial charge < -0.3 is 10.4 Å². The first-order chi connectivity index (χ1) is 10.6. The second-order valence-corrected chi connectivity index (χ2v) is 6.85. The molecule has 5 heteroatoms. The summed E-state index contributed by atoms with van der Waals surface area (Å²) in [5, 5.41) is 21.9. The minimum absolute atomic E-state index is 0.0300. The molecule has 118 valence electrons. The molecule has 2 rings (SSSR count). The van der Waals surface area contributed by atoms with Crippen LogP contribution in [0.15, 0.2) is 24.3 Å². The highest BCUT2D eigenvalue weighted by molar-refractivity contribution is 7.99. The number of amides is 1. The molecule has 1 saturated carbocycles. The zero-order valence-corrected chi connectivity index (χ0v) is 13.5. The Balaban J connectivity index is 1.66. The lowest BCUT2D eigenvalue weighted by molar-refractivity contribution is -0.120. The number of benzene rings is 1. The normalized spacial score (nSPS) is 16.7. The highest BCUT2D eigenvalue weighted by Gasteiger charge is 2.29. The fraction of sp³-hybridized carbons (Fsp3) is 0.529. The third kappa shape index (κ3) is 5.36. The van der Waals surface area contributed by atoms with Crippen LogP contribution in [0.2, 0.25) is 0 Å². The van der Waals surface area contributed by atoms with Gasteiger partial charge in [0, 0.05) is 12.3 Å². The quantitative estimate of drug-likeness (QED) is 0.845. The lowest BCUT2D eigenvalue weighted by atomic mass is 9.85. The Hall–Kier alpha value is -1.51. The molecule has 0 bridgehead atoms. The van der Waals surface area contributed by atoms with Gasteiger partial charge in [-0.2, -0.15) is 5.26 Å². The van der Waals surface area contributed by atoms with Crippen molar-refractivity contribution in [1.82, 2.24) is 5.32 Å². The summed E-state index contributed by atoms with van der Waals surface area (Å²) in [5.41, 5.74) is 1.04. The maximum atomic E-state index is 11.8. The summed E-state index contributed by atoms with van der Waals surface area (Å²) >= 11 is 1.54. The minimum atomic E-state index is -0.703. The second kappa shape index (κ2) is 8.21. The third-order valence-corrected chi connectivity index (χ3v) is 4.99. The highest BCUT2D eigenvalue weighted by atomic mass is 32.2. The van der Waals surface area contributed by atoms with E-state index in [1.165, 1.54) is 18.2 Å². The molecule has 1 amide bonds. The van der Waals surface area contributed by atoms with E-state index >= 15 is 0 Å². The zero-order chi connectivity index (χ0) is 15.8. The van der Waals surface area contributed by atoms with Crippen molar-refractivity contribution < 1.29 is 9.90 Å². The van der Waals surface area contributed by atoms with Crippen LogP contribution in [-0.4, -0.2) is 28.9 Å². The molecule has 0 spiro atoms. The molecule has 0 heterocycles. The fourth-order valence-corrected chi connectivity index (χ4v) is 3.46. The van der Waals surface area contributed by atoms with E-state index in [1.807, 2.05) is 12.1 Å². The van der Waals surface area contributed by atoms with Crippen molar-refractivity contribution in [2.75, 3.05) is 12.3 Å². The molecule has 2 N–H and O–H groups in total. The van der Waals surface area contributed by atoms with Crippen molar-refractivity contribution in [2.45, 2.75) is 43.5 Å². The first-order valence-electron chi connectivity index (χ1n) is 7.67. The third-order valence-electron chi connectivity index (χ3n) is 3.98.